The minimum Gasteiger partial charge on any atom is -0.461 e. The van der Waals surface area contributed by atoms with E-state index in [1.807, 2.05) is 26.8 Å². The van der Waals surface area contributed by atoms with Crippen LogP contribution >= 0.6 is 0 Å². The number of ether oxygens (including phenoxy) is 1. The number of aromatic nitrogens is 2. The molecule has 132 valence electrons. The predicted octanol–water partition coefficient (Wildman–Crippen LogP) is 2.48. The average molecular weight is 341 g/mol. The van der Waals surface area contributed by atoms with Gasteiger partial charge in [0.25, 0.3) is 0 Å². The zero-order chi connectivity index (χ0) is 18.6. The highest BCUT2D eigenvalue weighted by molar-refractivity contribution is 6.04. The molecule has 0 saturated heterocycles. The van der Waals surface area contributed by atoms with E-state index in [0.29, 0.717) is 18.7 Å². The number of nitriles is 1. The van der Waals surface area contributed by atoms with Gasteiger partial charge >= 0.3 is 5.97 Å². The molecule has 2 atom stereocenters. The largest absolute Gasteiger partial charge is 0.461 e. The first-order valence-electron chi connectivity index (χ1n) is 8.59. The molecule has 0 aliphatic heterocycles. The van der Waals surface area contributed by atoms with Gasteiger partial charge in [-0.25, -0.2) is 4.79 Å². The fraction of sp³-hybridized carbons (Fsp3) is 0.579. The number of allylic oxidation sites excluding steroid dienone is 2. The van der Waals surface area contributed by atoms with Crippen LogP contribution < -0.4 is 0 Å². The van der Waals surface area contributed by atoms with Crippen molar-refractivity contribution in [2.75, 3.05) is 6.61 Å². The molecule has 0 saturated carbocycles. The number of fused-ring (bicyclic) bond motifs is 3. The summed E-state index contributed by atoms with van der Waals surface area (Å²) in [6.45, 7) is 7.91. The zero-order valence-electron chi connectivity index (χ0n) is 15.3. The van der Waals surface area contributed by atoms with Gasteiger partial charge in [-0.2, -0.15) is 10.4 Å². The van der Waals surface area contributed by atoms with Crippen LogP contribution in [0, 0.1) is 22.7 Å². The number of hydrogen-bond acceptors (Lipinski definition) is 5. The molecule has 3 rings (SSSR count). The quantitative estimate of drug-likeness (QED) is 0.772. The molecular formula is C19H23N3O3. The molecule has 1 heterocycles. The molecule has 0 aromatic carbocycles. The van der Waals surface area contributed by atoms with Crippen LogP contribution in [0.4, 0.5) is 0 Å². The highest BCUT2D eigenvalue weighted by Gasteiger charge is 2.55. The van der Waals surface area contributed by atoms with Crippen LogP contribution in [0.25, 0.3) is 0 Å². The molecule has 0 bridgehead atoms. The summed E-state index contributed by atoms with van der Waals surface area (Å²) in [7, 11) is 1.73. The molecule has 1 aromatic heterocycles. The van der Waals surface area contributed by atoms with E-state index in [-0.39, 0.29) is 23.2 Å². The molecular weight excluding hydrogens is 318 g/mol. The molecule has 2 aliphatic carbocycles. The highest BCUT2D eigenvalue weighted by Crippen LogP contribution is 2.54. The fourth-order valence-electron chi connectivity index (χ4n) is 4.68. The van der Waals surface area contributed by atoms with E-state index in [1.54, 1.807) is 24.7 Å². The van der Waals surface area contributed by atoms with Crippen molar-refractivity contribution in [1.82, 2.24) is 9.78 Å². The van der Waals surface area contributed by atoms with Crippen molar-refractivity contribution in [3.05, 3.63) is 28.6 Å². The number of carbonyl (C=O) groups is 2. The monoisotopic (exact) mass is 341 g/mol. The lowest BCUT2D eigenvalue weighted by Crippen LogP contribution is -2.51. The normalized spacial score (nSPS) is 27.0. The van der Waals surface area contributed by atoms with E-state index < -0.39 is 10.8 Å². The maximum absolute atomic E-state index is 12.7. The van der Waals surface area contributed by atoms with Crippen molar-refractivity contribution >= 4 is 11.8 Å². The second-order valence-corrected chi connectivity index (χ2v) is 7.61. The molecule has 0 fully saturated rings. The van der Waals surface area contributed by atoms with Crippen LogP contribution in [-0.4, -0.2) is 28.1 Å². The fourth-order valence-corrected chi connectivity index (χ4v) is 4.68. The van der Waals surface area contributed by atoms with Gasteiger partial charge in [-0.3, -0.25) is 9.48 Å². The number of rotatable bonds is 2. The smallest absolute Gasteiger partial charge is 0.356 e. The third-order valence-electron chi connectivity index (χ3n) is 5.80. The first-order chi connectivity index (χ1) is 11.7. The summed E-state index contributed by atoms with van der Waals surface area (Å²) >= 11 is 0. The van der Waals surface area contributed by atoms with Crippen molar-refractivity contribution in [2.24, 2.45) is 18.4 Å². The Balaban J connectivity index is 2.23. The maximum Gasteiger partial charge on any atom is 0.356 e. The standard InChI is InChI=1S/C19H23N3O3/c1-6-25-17(24)14-12-7-8-13-18(2,3)16(23)11(10-20)9-19(13,4)15(12)21-22(14)5/h9,13H,6-8H2,1-5H3/t13-,19-/m0/s1. The summed E-state index contributed by atoms with van der Waals surface area (Å²) in [5, 5.41) is 14.0. The molecule has 0 N–H and O–H groups in total. The minimum atomic E-state index is -0.645. The maximum atomic E-state index is 12.7. The van der Waals surface area contributed by atoms with Gasteiger partial charge in [0.2, 0.25) is 0 Å². The van der Waals surface area contributed by atoms with Gasteiger partial charge in [0.15, 0.2) is 5.78 Å². The predicted molar refractivity (Wildman–Crippen MR) is 90.8 cm³/mol. The van der Waals surface area contributed by atoms with Crippen molar-refractivity contribution in [3.8, 4) is 6.07 Å². The van der Waals surface area contributed by atoms with E-state index in [9.17, 15) is 14.9 Å². The Morgan fingerprint density at radius 1 is 1.48 bits per heavy atom. The van der Waals surface area contributed by atoms with E-state index in [1.165, 1.54) is 0 Å². The topological polar surface area (TPSA) is 85.0 Å². The number of ketones is 1. The van der Waals surface area contributed by atoms with E-state index >= 15 is 0 Å². The SMILES string of the molecule is CCOC(=O)c1c2c(nn1C)[C@@]1(C)C=C(C#N)C(=O)C(C)(C)[C@@H]1CC2. The van der Waals surface area contributed by atoms with Crippen LogP contribution in [0.15, 0.2) is 11.6 Å². The van der Waals surface area contributed by atoms with Gasteiger partial charge in [0.05, 0.1) is 17.9 Å². The lowest BCUT2D eigenvalue weighted by molar-refractivity contribution is -0.128. The number of carbonyl (C=O) groups excluding carboxylic acids is 2. The van der Waals surface area contributed by atoms with Crippen molar-refractivity contribution in [2.45, 2.75) is 46.0 Å². The second-order valence-electron chi connectivity index (χ2n) is 7.61. The molecule has 0 radical (unpaired) electrons. The Morgan fingerprint density at radius 3 is 2.76 bits per heavy atom. The first kappa shape index (κ1) is 17.4. The van der Waals surface area contributed by atoms with Crippen molar-refractivity contribution in [1.29, 1.82) is 5.26 Å². The van der Waals surface area contributed by atoms with E-state index in [0.717, 1.165) is 17.7 Å². The third kappa shape index (κ3) is 2.25. The Bertz CT molecular complexity index is 841. The molecule has 0 unspecified atom stereocenters. The highest BCUT2D eigenvalue weighted by atomic mass is 16.5. The summed E-state index contributed by atoms with van der Waals surface area (Å²) in [4.78, 5) is 25.0. The van der Waals surface area contributed by atoms with Gasteiger partial charge in [0, 0.05) is 23.4 Å². The van der Waals surface area contributed by atoms with Gasteiger partial charge in [-0.1, -0.05) is 26.8 Å². The van der Waals surface area contributed by atoms with E-state index in [4.69, 9.17) is 4.74 Å². The van der Waals surface area contributed by atoms with Crippen LogP contribution in [0.3, 0.4) is 0 Å². The van der Waals surface area contributed by atoms with Gasteiger partial charge in [0.1, 0.15) is 11.8 Å². The lowest BCUT2D eigenvalue weighted by atomic mass is 9.52. The number of aryl methyl sites for hydroxylation is 1. The molecule has 6 heteroatoms. The zero-order valence-corrected chi connectivity index (χ0v) is 15.3. The van der Waals surface area contributed by atoms with Crippen molar-refractivity contribution in [3.63, 3.8) is 0 Å². The minimum absolute atomic E-state index is 0.0297. The Kier molecular flexibility index (Phi) is 3.86. The summed E-state index contributed by atoms with van der Waals surface area (Å²) in [6.07, 6.45) is 3.19. The van der Waals surface area contributed by atoms with Crippen LogP contribution in [0.2, 0.25) is 0 Å². The molecule has 25 heavy (non-hydrogen) atoms. The number of esters is 1. The van der Waals surface area contributed by atoms with Crippen LogP contribution in [0.1, 0.15) is 55.9 Å². The average Bonchev–Trinajstić information content (AvgIpc) is 2.89. The summed E-state index contributed by atoms with van der Waals surface area (Å²) in [5.41, 5.74) is 1.10. The number of nitrogens with zero attached hydrogens (tertiary/aromatic N) is 3. The number of hydrogen-bond donors (Lipinski definition) is 0. The van der Waals surface area contributed by atoms with Gasteiger partial charge in [-0.15, -0.1) is 0 Å². The first-order valence-corrected chi connectivity index (χ1v) is 8.59. The Morgan fingerprint density at radius 2 is 2.16 bits per heavy atom. The third-order valence-corrected chi connectivity index (χ3v) is 5.80. The number of Topliss-reactive ketones (excluding diaryl/α,β-unsaturated/α-hetero) is 1. The van der Waals surface area contributed by atoms with Gasteiger partial charge < -0.3 is 4.74 Å². The molecule has 6 nitrogen and oxygen atoms in total. The summed E-state index contributed by atoms with van der Waals surface area (Å²) < 4.78 is 6.75. The van der Waals surface area contributed by atoms with Crippen molar-refractivity contribution < 1.29 is 14.3 Å². The van der Waals surface area contributed by atoms with Crippen LogP contribution in [0.5, 0.6) is 0 Å². The molecule has 2 aliphatic rings. The van der Waals surface area contributed by atoms with Gasteiger partial charge in [-0.05, 0) is 25.7 Å². The molecule has 0 spiro atoms. The van der Waals surface area contributed by atoms with E-state index in [2.05, 4.69) is 5.10 Å². The lowest BCUT2D eigenvalue weighted by Gasteiger charge is -2.49. The summed E-state index contributed by atoms with van der Waals surface area (Å²) in [5.74, 6) is -0.457. The Hall–Kier alpha value is -2.42. The molecule has 1 aromatic rings. The Labute approximate surface area is 147 Å². The van der Waals surface area contributed by atoms with Crippen LogP contribution in [-0.2, 0) is 28.4 Å². The second kappa shape index (κ2) is 5.55. The molecule has 0 amide bonds. The summed E-state index contributed by atoms with van der Waals surface area (Å²) in [6, 6.07) is 2.05.